The maximum atomic E-state index is 14.6. The van der Waals surface area contributed by atoms with Crippen molar-refractivity contribution >= 4 is 17.6 Å². The van der Waals surface area contributed by atoms with E-state index < -0.39 is 17.5 Å². The van der Waals surface area contributed by atoms with Crippen LogP contribution in [0.5, 0.6) is 5.75 Å². The monoisotopic (exact) mass is 555 g/mol. The number of Topliss-reactive ketones (excluding diaryl/α,β-unsaturated/α-hetero) is 1. The summed E-state index contributed by atoms with van der Waals surface area (Å²) in [4.78, 5) is 43.8. The molecule has 0 fully saturated rings. The van der Waals surface area contributed by atoms with Crippen molar-refractivity contribution in [2.75, 3.05) is 7.11 Å². The van der Waals surface area contributed by atoms with E-state index >= 15 is 0 Å². The Morgan fingerprint density at radius 1 is 1.00 bits per heavy atom. The van der Waals surface area contributed by atoms with Crippen molar-refractivity contribution < 1.29 is 19.1 Å². The van der Waals surface area contributed by atoms with Crippen LogP contribution in [0.3, 0.4) is 0 Å². The first-order chi connectivity index (χ1) is 19.4. The SMILES string of the molecule is COc1cccc([C@@H](C)N(Cc2ccc(C(C)=O)cc2)C(=O)[C@@H]2Cc3ccccc3CN2C(=O)[C@@H](N)C(C)(C)C)c1. The van der Waals surface area contributed by atoms with E-state index in [9.17, 15) is 14.4 Å². The third kappa shape index (κ3) is 6.68. The lowest BCUT2D eigenvalue weighted by atomic mass is 9.85. The molecule has 0 spiro atoms. The van der Waals surface area contributed by atoms with Crippen molar-refractivity contribution in [3.8, 4) is 5.75 Å². The number of carbonyl (C=O) groups is 3. The highest BCUT2D eigenvalue weighted by Gasteiger charge is 2.42. The van der Waals surface area contributed by atoms with Gasteiger partial charge in [-0.1, -0.05) is 81.4 Å². The average Bonchev–Trinajstić information content (AvgIpc) is 2.97. The van der Waals surface area contributed by atoms with Crippen LogP contribution in [0.15, 0.2) is 72.8 Å². The minimum atomic E-state index is -0.758. The van der Waals surface area contributed by atoms with Crippen LogP contribution in [0.2, 0.25) is 0 Å². The predicted molar refractivity (Wildman–Crippen MR) is 160 cm³/mol. The van der Waals surface area contributed by atoms with Gasteiger partial charge in [-0.05, 0) is 53.6 Å². The molecule has 0 bridgehead atoms. The molecule has 3 atom stereocenters. The van der Waals surface area contributed by atoms with Gasteiger partial charge < -0.3 is 20.3 Å². The Morgan fingerprint density at radius 2 is 1.66 bits per heavy atom. The number of hydrogen-bond donors (Lipinski definition) is 1. The van der Waals surface area contributed by atoms with E-state index in [0.717, 1.165) is 22.3 Å². The molecule has 3 aromatic rings. The summed E-state index contributed by atoms with van der Waals surface area (Å²) >= 11 is 0. The summed E-state index contributed by atoms with van der Waals surface area (Å²) in [5.41, 5.74) is 10.5. The van der Waals surface area contributed by atoms with Gasteiger partial charge in [-0.25, -0.2) is 0 Å². The zero-order valence-corrected chi connectivity index (χ0v) is 24.9. The molecule has 41 heavy (non-hydrogen) atoms. The highest BCUT2D eigenvalue weighted by molar-refractivity contribution is 5.94. The standard InChI is InChI=1S/C34H41N3O4/c1-22(26-12-9-13-29(18-26)41-6)36(20-24-14-16-25(17-15-24)23(2)38)32(39)30-19-27-10-7-8-11-28(27)21-37(30)33(40)31(35)34(3,4)5/h7-18,22,30-31H,19-21,35H2,1-6H3/t22-,30+,31-/m1/s1. The fourth-order valence-electron chi connectivity index (χ4n) is 5.24. The van der Waals surface area contributed by atoms with Gasteiger partial charge >= 0.3 is 0 Å². The molecular formula is C34H41N3O4. The zero-order valence-electron chi connectivity index (χ0n) is 24.9. The molecule has 216 valence electrons. The number of amides is 2. The Bertz CT molecular complexity index is 1410. The zero-order chi connectivity index (χ0) is 29.9. The molecule has 2 N–H and O–H groups in total. The highest BCUT2D eigenvalue weighted by Crippen LogP contribution is 2.32. The van der Waals surface area contributed by atoms with Crippen molar-refractivity contribution in [3.63, 3.8) is 0 Å². The lowest BCUT2D eigenvalue weighted by Crippen LogP contribution is -2.59. The Kier molecular flexibility index (Phi) is 8.98. The molecule has 0 saturated carbocycles. The quantitative estimate of drug-likeness (QED) is 0.380. The number of ether oxygens (including phenoxy) is 1. The summed E-state index contributed by atoms with van der Waals surface area (Å²) in [7, 11) is 1.62. The number of carbonyl (C=O) groups excluding carboxylic acids is 3. The maximum Gasteiger partial charge on any atom is 0.246 e. The number of benzene rings is 3. The van der Waals surface area contributed by atoms with Gasteiger partial charge in [0.1, 0.15) is 11.8 Å². The maximum absolute atomic E-state index is 14.6. The summed E-state index contributed by atoms with van der Waals surface area (Å²) in [6.07, 6.45) is 0.405. The Morgan fingerprint density at radius 3 is 2.27 bits per heavy atom. The minimum Gasteiger partial charge on any atom is -0.497 e. The van der Waals surface area contributed by atoms with E-state index in [2.05, 4.69) is 0 Å². The van der Waals surface area contributed by atoms with E-state index in [-0.39, 0.29) is 23.6 Å². The molecule has 1 aliphatic heterocycles. The van der Waals surface area contributed by atoms with Crippen molar-refractivity contribution in [1.29, 1.82) is 0 Å². The number of ketones is 1. The number of hydrogen-bond acceptors (Lipinski definition) is 5. The molecule has 4 rings (SSSR count). The summed E-state index contributed by atoms with van der Waals surface area (Å²) in [6, 6.07) is 21.2. The first kappa shape index (κ1) is 30.0. The van der Waals surface area contributed by atoms with E-state index in [1.54, 1.807) is 24.1 Å². The van der Waals surface area contributed by atoms with Crippen LogP contribution < -0.4 is 10.5 Å². The van der Waals surface area contributed by atoms with E-state index in [0.29, 0.717) is 30.8 Å². The predicted octanol–water partition coefficient (Wildman–Crippen LogP) is 5.31. The van der Waals surface area contributed by atoms with Crippen LogP contribution in [-0.4, -0.2) is 46.6 Å². The van der Waals surface area contributed by atoms with Crippen molar-refractivity contribution in [1.82, 2.24) is 9.80 Å². The second-order valence-electron chi connectivity index (χ2n) is 12.0. The van der Waals surface area contributed by atoms with Crippen LogP contribution in [0.1, 0.15) is 73.3 Å². The van der Waals surface area contributed by atoms with Crippen molar-refractivity contribution in [2.24, 2.45) is 11.1 Å². The summed E-state index contributed by atoms with van der Waals surface area (Å²) in [6.45, 7) is 9.96. The normalized spacial score (nSPS) is 16.4. The third-order valence-corrected chi connectivity index (χ3v) is 8.06. The average molecular weight is 556 g/mol. The van der Waals surface area contributed by atoms with Gasteiger partial charge in [-0.2, -0.15) is 0 Å². The fourth-order valence-corrected chi connectivity index (χ4v) is 5.24. The number of nitrogens with zero attached hydrogens (tertiary/aromatic N) is 2. The van der Waals surface area contributed by atoms with Crippen molar-refractivity contribution in [3.05, 3.63) is 101 Å². The Hall–Kier alpha value is -3.97. The number of rotatable bonds is 8. The largest absolute Gasteiger partial charge is 0.497 e. The van der Waals surface area contributed by atoms with Crippen LogP contribution in [0.4, 0.5) is 0 Å². The van der Waals surface area contributed by atoms with E-state index in [4.69, 9.17) is 10.5 Å². The summed E-state index contributed by atoms with van der Waals surface area (Å²) in [5.74, 6) is 0.302. The summed E-state index contributed by atoms with van der Waals surface area (Å²) < 4.78 is 5.46. The topological polar surface area (TPSA) is 92.9 Å². The number of methoxy groups -OCH3 is 1. The lowest BCUT2D eigenvalue weighted by Gasteiger charge is -2.42. The van der Waals surface area contributed by atoms with Crippen LogP contribution in [-0.2, 0) is 29.1 Å². The van der Waals surface area contributed by atoms with Gasteiger partial charge in [-0.15, -0.1) is 0 Å². The van der Waals surface area contributed by atoms with E-state index in [1.807, 2.05) is 93.3 Å². The van der Waals surface area contributed by atoms with Gasteiger partial charge in [0.2, 0.25) is 11.8 Å². The van der Waals surface area contributed by atoms with Gasteiger partial charge in [0.15, 0.2) is 5.78 Å². The lowest BCUT2D eigenvalue weighted by molar-refractivity contribution is -0.151. The molecule has 0 radical (unpaired) electrons. The van der Waals surface area contributed by atoms with E-state index in [1.165, 1.54) is 6.92 Å². The van der Waals surface area contributed by atoms with Gasteiger partial charge in [0.05, 0.1) is 19.2 Å². The fraction of sp³-hybridized carbons (Fsp3) is 0.382. The Balaban J connectivity index is 1.76. The number of nitrogens with two attached hydrogens (primary N) is 1. The van der Waals surface area contributed by atoms with Crippen LogP contribution in [0.25, 0.3) is 0 Å². The molecule has 1 heterocycles. The molecule has 0 saturated heterocycles. The molecule has 0 aromatic heterocycles. The van der Waals surface area contributed by atoms with Gasteiger partial charge in [-0.3, -0.25) is 14.4 Å². The van der Waals surface area contributed by atoms with Crippen LogP contribution >= 0.6 is 0 Å². The number of fused-ring (bicyclic) bond motifs is 1. The first-order valence-corrected chi connectivity index (χ1v) is 14.1. The molecule has 0 unspecified atom stereocenters. The highest BCUT2D eigenvalue weighted by atomic mass is 16.5. The minimum absolute atomic E-state index is 0.0144. The first-order valence-electron chi connectivity index (χ1n) is 14.1. The molecule has 7 heteroatoms. The third-order valence-electron chi connectivity index (χ3n) is 8.06. The van der Waals surface area contributed by atoms with Crippen molar-refractivity contribution in [2.45, 2.75) is 72.3 Å². The molecule has 1 aliphatic rings. The van der Waals surface area contributed by atoms with Gasteiger partial charge in [0, 0.05) is 25.1 Å². The van der Waals surface area contributed by atoms with Gasteiger partial charge in [0.25, 0.3) is 0 Å². The van der Waals surface area contributed by atoms with Crippen LogP contribution in [0, 0.1) is 5.41 Å². The second-order valence-corrected chi connectivity index (χ2v) is 12.0. The Labute approximate surface area is 243 Å². The smallest absolute Gasteiger partial charge is 0.246 e. The molecule has 2 amide bonds. The summed E-state index contributed by atoms with van der Waals surface area (Å²) in [5, 5.41) is 0. The second kappa shape index (κ2) is 12.3. The molecule has 0 aliphatic carbocycles. The molecule has 3 aromatic carbocycles. The molecular weight excluding hydrogens is 514 g/mol. The molecule has 7 nitrogen and oxygen atoms in total.